The Bertz CT molecular complexity index is 284. The molecule has 0 saturated heterocycles. The molecule has 8 nitrogen and oxygen atoms in total. The van der Waals surface area contributed by atoms with Crippen molar-refractivity contribution in [1.82, 2.24) is 14.7 Å². The van der Waals surface area contributed by atoms with Crippen LogP contribution in [0.5, 0.6) is 0 Å². The van der Waals surface area contributed by atoms with Gasteiger partial charge in [0, 0.05) is 47.7 Å². The number of carbonyl (C=O) groups is 1. The minimum atomic E-state index is -0.157. The fourth-order valence-electron chi connectivity index (χ4n) is 0.170. The van der Waals surface area contributed by atoms with Crippen LogP contribution in [0.15, 0.2) is 0 Å². The van der Waals surface area contributed by atoms with E-state index in [-0.39, 0.29) is 11.9 Å². The van der Waals surface area contributed by atoms with Crippen LogP contribution >= 0.6 is 0 Å². The second kappa shape index (κ2) is 21.2. The maximum atomic E-state index is 9.96. The van der Waals surface area contributed by atoms with Gasteiger partial charge in [0.15, 0.2) is 0 Å². The monoisotopic (exact) mass is 316 g/mol. The van der Waals surface area contributed by atoms with E-state index in [0.717, 1.165) is 13.0 Å². The molecule has 0 spiro atoms. The maximum absolute atomic E-state index is 9.96. The quantitative estimate of drug-likeness (QED) is 0.694. The maximum Gasteiger partial charge on any atom is 0.312 e. The van der Waals surface area contributed by atoms with E-state index in [9.17, 15) is 14.4 Å². The lowest BCUT2D eigenvalue weighted by Crippen LogP contribution is -2.23. The van der Waals surface area contributed by atoms with Gasteiger partial charge in [0.2, 0.25) is 5.91 Å². The number of primary amides is 1. The van der Waals surface area contributed by atoms with Crippen molar-refractivity contribution in [3.63, 3.8) is 0 Å². The number of nitrogens with zero attached hydrogens (tertiary/aromatic N) is 3. The summed E-state index contributed by atoms with van der Waals surface area (Å²) in [7, 11) is 6.72. The number of nitrogens with two attached hydrogens (primary N) is 1. The van der Waals surface area contributed by atoms with Crippen LogP contribution in [0.25, 0.3) is 0 Å². The molecule has 0 saturated carbocycles. The molecule has 4 radical (unpaired) electrons. The number of rotatable bonds is 4. The molecule has 4 amide bonds. The summed E-state index contributed by atoms with van der Waals surface area (Å²) >= 11 is 0. The van der Waals surface area contributed by atoms with Crippen molar-refractivity contribution in [3.05, 3.63) is 6.92 Å². The van der Waals surface area contributed by atoms with Crippen LogP contribution in [0.3, 0.4) is 0 Å². The molecule has 0 heterocycles. The zero-order valence-corrected chi connectivity index (χ0v) is 14.5. The van der Waals surface area contributed by atoms with Crippen molar-refractivity contribution in [1.29, 1.82) is 0 Å². The van der Waals surface area contributed by atoms with Gasteiger partial charge in [-0.25, -0.2) is 0 Å². The molecule has 2 N–H and O–H groups in total. The van der Waals surface area contributed by atoms with Crippen molar-refractivity contribution >= 4 is 25.1 Å². The van der Waals surface area contributed by atoms with E-state index in [2.05, 4.69) is 12.7 Å². The van der Waals surface area contributed by atoms with Gasteiger partial charge < -0.3 is 20.4 Å². The van der Waals surface area contributed by atoms with Crippen molar-refractivity contribution < 1.29 is 19.2 Å². The van der Waals surface area contributed by atoms with Gasteiger partial charge in [0.05, 0.1) is 0 Å². The number of amides is 4. The summed E-state index contributed by atoms with van der Waals surface area (Å²) in [4.78, 5) is 42.0. The third kappa shape index (κ3) is 36.1. The molecule has 8 heteroatoms. The van der Waals surface area contributed by atoms with Gasteiger partial charge >= 0.3 is 19.2 Å². The second-order valence-corrected chi connectivity index (χ2v) is 4.31. The predicted octanol–water partition coefficient (Wildman–Crippen LogP) is -0.680. The second-order valence-electron chi connectivity index (χ2n) is 4.31. The van der Waals surface area contributed by atoms with E-state index in [1.807, 2.05) is 20.8 Å². The normalized spacial score (nSPS) is 7.68. The summed E-state index contributed by atoms with van der Waals surface area (Å²) in [6.45, 7) is 9.63. The number of hydrogen-bond donors (Lipinski definition) is 1. The third-order valence-corrected chi connectivity index (χ3v) is 2.05. The highest BCUT2D eigenvalue weighted by atomic mass is 16.2. The smallest absolute Gasteiger partial charge is 0.312 e. The van der Waals surface area contributed by atoms with Crippen molar-refractivity contribution in [2.75, 3.05) is 34.7 Å². The van der Waals surface area contributed by atoms with Crippen LogP contribution in [-0.4, -0.2) is 80.6 Å². The molecule has 0 fully saturated rings. The minimum Gasteiger partial charge on any atom is -0.361 e. The summed E-state index contributed by atoms with van der Waals surface area (Å²) in [5.41, 5.74) is 4.04. The lowest BCUT2D eigenvalue weighted by atomic mass is 10.4. The van der Waals surface area contributed by atoms with E-state index in [1.165, 1.54) is 14.7 Å². The molecule has 0 aromatic heterocycles. The van der Waals surface area contributed by atoms with Crippen LogP contribution in [0.1, 0.15) is 20.8 Å². The molecule has 0 aliphatic carbocycles. The summed E-state index contributed by atoms with van der Waals surface area (Å²) in [5, 5.41) is 0. The Labute approximate surface area is 134 Å². The first-order valence-corrected chi connectivity index (χ1v) is 6.35. The van der Waals surface area contributed by atoms with Crippen molar-refractivity contribution in [2.45, 2.75) is 26.8 Å². The predicted molar refractivity (Wildman–Crippen MR) is 86.5 cm³/mol. The Balaban J connectivity index is -0.000000102. The Kier molecular flexibility index (Phi) is 27.1. The Morgan fingerprint density at radius 3 is 1.41 bits per heavy atom. The first-order valence-electron chi connectivity index (χ1n) is 6.35. The Hall–Kier alpha value is -2.12. The first-order chi connectivity index (χ1) is 10.0. The molecule has 0 atom stereocenters. The number of carbonyl (C=O) groups excluding carboxylic acids is 4. The minimum absolute atomic E-state index is 0.157. The van der Waals surface area contributed by atoms with E-state index in [1.54, 1.807) is 41.0 Å². The van der Waals surface area contributed by atoms with E-state index < -0.39 is 0 Å². The standard InChI is InChI=1S/C5H10NO.2C4H8NO.CH2NO/c1-5(2)6(3)4-7;1-4(6)5(2)3;1-3-5(2)4-6;2-1-3/h5H,1-3H3;1H2,2-3H3;3H2,1-2H3;(H2,2,3). The highest BCUT2D eigenvalue weighted by Crippen LogP contribution is 1.85. The molecular weight excluding hydrogens is 288 g/mol. The topological polar surface area (TPSA) is 104 Å². The molecule has 0 bridgehead atoms. The highest BCUT2D eigenvalue weighted by molar-refractivity contribution is 5.79. The zero-order chi connectivity index (χ0) is 18.7. The molecule has 0 rings (SSSR count). The fraction of sp³-hybridized carbons (Fsp3) is 0.643. The molecule has 0 aromatic rings. The molecule has 0 unspecified atom stereocenters. The van der Waals surface area contributed by atoms with Crippen molar-refractivity contribution in [3.8, 4) is 0 Å². The van der Waals surface area contributed by atoms with Gasteiger partial charge in [-0.2, -0.15) is 0 Å². The van der Waals surface area contributed by atoms with Gasteiger partial charge in [-0.15, -0.1) is 0 Å². The fourth-order valence-corrected chi connectivity index (χ4v) is 0.170. The zero-order valence-electron chi connectivity index (χ0n) is 14.5. The largest absolute Gasteiger partial charge is 0.361 e. The van der Waals surface area contributed by atoms with Crippen LogP contribution in [0.4, 0.5) is 0 Å². The van der Waals surface area contributed by atoms with Gasteiger partial charge in [-0.1, -0.05) is 0 Å². The third-order valence-electron chi connectivity index (χ3n) is 2.05. The van der Waals surface area contributed by atoms with Gasteiger partial charge in [-0.05, 0) is 20.8 Å². The van der Waals surface area contributed by atoms with Crippen LogP contribution in [0.2, 0.25) is 0 Å². The summed E-state index contributed by atoms with van der Waals surface area (Å²) in [5.74, 6) is -0.157. The highest BCUT2D eigenvalue weighted by Gasteiger charge is 1.96. The van der Waals surface area contributed by atoms with Crippen molar-refractivity contribution in [2.24, 2.45) is 5.73 Å². The Morgan fingerprint density at radius 1 is 1.09 bits per heavy atom. The molecule has 128 valence electrons. The lowest BCUT2D eigenvalue weighted by Gasteiger charge is -2.12. The average molecular weight is 316 g/mol. The van der Waals surface area contributed by atoms with Crippen LogP contribution in [-0.2, 0) is 19.2 Å². The molecule has 0 aliphatic heterocycles. The van der Waals surface area contributed by atoms with Gasteiger partial charge in [-0.3, -0.25) is 19.2 Å². The van der Waals surface area contributed by atoms with Crippen LogP contribution in [0, 0.1) is 6.92 Å². The molecule has 22 heavy (non-hydrogen) atoms. The summed E-state index contributed by atoms with van der Waals surface area (Å²) in [6, 6.07) is 0.275. The summed E-state index contributed by atoms with van der Waals surface area (Å²) in [6.07, 6.45) is 4.45. The summed E-state index contributed by atoms with van der Waals surface area (Å²) < 4.78 is 0. The Morgan fingerprint density at radius 2 is 1.41 bits per heavy atom. The number of hydrogen-bond acceptors (Lipinski definition) is 4. The SMILES string of the molecule is CC(C)N(C)[C]=O.CCN(C)[C]=O.N[C]=O.[CH2]C(=O)N(C)C. The van der Waals surface area contributed by atoms with E-state index in [0.29, 0.717) is 0 Å². The van der Waals surface area contributed by atoms with Gasteiger partial charge in [0.25, 0.3) is 0 Å². The lowest BCUT2D eigenvalue weighted by molar-refractivity contribution is -0.123. The van der Waals surface area contributed by atoms with Gasteiger partial charge in [0.1, 0.15) is 0 Å². The molecule has 0 aromatic carbocycles. The molecular formula is C14H28N4O4. The first kappa shape index (κ1) is 28.1. The van der Waals surface area contributed by atoms with E-state index >= 15 is 0 Å². The molecule has 0 aliphatic rings. The average Bonchev–Trinajstić information content (AvgIpc) is 2.47. The van der Waals surface area contributed by atoms with Crippen LogP contribution < -0.4 is 5.73 Å². The van der Waals surface area contributed by atoms with E-state index in [4.69, 9.17) is 4.79 Å².